The lowest BCUT2D eigenvalue weighted by atomic mass is 10.1. The van der Waals surface area contributed by atoms with Crippen LogP contribution < -0.4 is 5.32 Å². The van der Waals surface area contributed by atoms with Gasteiger partial charge in [0.2, 0.25) is 0 Å². The fourth-order valence-corrected chi connectivity index (χ4v) is 5.55. The third-order valence-corrected chi connectivity index (χ3v) is 7.11. The van der Waals surface area contributed by atoms with Gasteiger partial charge in [0.05, 0.1) is 11.5 Å². The van der Waals surface area contributed by atoms with Crippen LogP contribution in [0.4, 0.5) is 0 Å². The van der Waals surface area contributed by atoms with Crippen LogP contribution in [0.5, 0.6) is 0 Å². The first-order valence-corrected chi connectivity index (χ1v) is 11.7. The number of oxazole rings is 1. The molecule has 0 aliphatic carbocycles. The molecular weight excluding hydrogens is 388 g/mol. The monoisotopic (exact) mass is 412 g/mol. The highest BCUT2D eigenvalue weighted by atomic mass is 32.2. The van der Waals surface area contributed by atoms with E-state index in [4.69, 9.17) is 4.42 Å². The van der Waals surface area contributed by atoms with Gasteiger partial charge in [-0.25, -0.2) is 13.4 Å². The third-order valence-electron chi connectivity index (χ3n) is 5.27. The molecule has 7 heteroatoms. The number of carbonyl (C=O) groups is 1. The summed E-state index contributed by atoms with van der Waals surface area (Å²) in [4.78, 5) is 16.9. The smallest absolute Gasteiger partial charge is 0.251 e. The van der Waals surface area contributed by atoms with Gasteiger partial charge in [-0.05, 0) is 48.9 Å². The maximum atomic E-state index is 12.4. The number of rotatable bonds is 7. The summed E-state index contributed by atoms with van der Waals surface area (Å²) in [6, 6.07) is 15.5. The van der Waals surface area contributed by atoms with Crippen molar-refractivity contribution in [2.75, 3.05) is 18.1 Å². The maximum Gasteiger partial charge on any atom is 0.251 e. The SMILES string of the molecule is O=C(NCC1CCS(=O)(=O)C1)c1ccc2oc(CCCc3ccccc3)nc2c1. The van der Waals surface area contributed by atoms with Crippen molar-refractivity contribution in [1.29, 1.82) is 0 Å². The summed E-state index contributed by atoms with van der Waals surface area (Å²) in [5.74, 6) is 0.818. The van der Waals surface area contributed by atoms with E-state index >= 15 is 0 Å². The lowest BCUT2D eigenvalue weighted by molar-refractivity contribution is 0.0948. The number of sulfone groups is 1. The first-order chi connectivity index (χ1) is 14.0. The minimum absolute atomic E-state index is 0.00375. The third kappa shape index (κ3) is 5.03. The molecule has 1 amide bonds. The van der Waals surface area contributed by atoms with Gasteiger partial charge in [-0.3, -0.25) is 4.79 Å². The number of nitrogens with zero attached hydrogens (tertiary/aromatic N) is 1. The lowest BCUT2D eigenvalue weighted by Gasteiger charge is -2.09. The lowest BCUT2D eigenvalue weighted by Crippen LogP contribution is -2.29. The predicted molar refractivity (Wildman–Crippen MR) is 112 cm³/mol. The van der Waals surface area contributed by atoms with Crippen LogP contribution in [0.15, 0.2) is 52.9 Å². The fourth-order valence-electron chi connectivity index (χ4n) is 3.68. The molecule has 4 rings (SSSR count). The van der Waals surface area contributed by atoms with Crippen LogP contribution in [0.1, 0.15) is 34.7 Å². The molecule has 3 aromatic rings. The Bertz CT molecular complexity index is 1110. The van der Waals surface area contributed by atoms with Crippen LogP contribution in [0.25, 0.3) is 11.1 Å². The number of aryl methyl sites for hydroxylation is 2. The molecule has 152 valence electrons. The number of hydrogen-bond acceptors (Lipinski definition) is 5. The second-order valence-electron chi connectivity index (χ2n) is 7.61. The molecule has 0 radical (unpaired) electrons. The molecule has 1 saturated heterocycles. The number of amides is 1. The molecule has 2 heterocycles. The van der Waals surface area contributed by atoms with Crippen LogP contribution in [0.2, 0.25) is 0 Å². The minimum Gasteiger partial charge on any atom is -0.441 e. The summed E-state index contributed by atoms with van der Waals surface area (Å²) in [5, 5.41) is 2.84. The average Bonchev–Trinajstić information content (AvgIpc) is 3.28. The van der Waals surface area contributed by atoms with Gasteiger partial charge in [-0.2, -0.15) is 0 Å². The van der Waals surface area contributed by atoms with Gasteiger partial charge in [-0.1, -0.05) is 30.3 Å². The highest BCUT2D eigenvalue weighted by Crippen LogP contribution is 2.20. The Morgan fingerprint density at radius 3 is 2.72 bits per heavy atom. The number of benzene rings is 2. The Morgan fingerprint density at radius 1 is 1.14 bits per heavy atom. The van der Waals surface area contributed by atoms with E-state index in [2.05, 4.69) is 22.4 Å². The zero-order chi connectivity index (χ0) is 20.3. The van der Waals surface area contributed by atoms with Crippen LogP contribution in [0, 0.1) is 5.92 Å². The standard InChI is InChI=1S/C22H24N2O4S/c25-22(23-14-17-11-12-29(26,27)15-17)18-9-10-20-19(13-18)24-21(28-20)8-4-7-16-5-2-1-3-6-16/h1-3,5-6,9-10,13,17H,4,7-8,11-12,14-15H2,(H,23,25). The highest BCUT2D eigenvalue weighted by molar-refractivity contribution is 7.91. The van der Waals surface area contributed by atoms with Gasteiger partial charge in [-0.15, -0.1) is 0 Å². The Hall–Kier alpha value is -2.67. The molecule has 1 unspecified atom stereocenters. The molecule has 1 aromatic heterocycles. The van der Waals surface area contributed by atoms with Crippen LogP contribution >= 0.6 is 0 Å². The summed E-state index contributed by atoms with van der Waals surface area (Å²) in [6.45, 7) is 0.375. The molecule has 6 nitrogen and oxygen atoms in total. The quantitative estimate of drug-likeness (QED) is 0.644. The van der Waals surface area contributed by atoms with Crippen molar-refractivity contribution in [3.63, 3.8) is 0 Å². The average molecular weight is 413 g/mol. The van der Waals surface area contributed by atoms with Gasteiger partial charge in [0, 0.05) is 18.5 Å². The van der Waals surface area contributed by atoms with E-state index in [-0.39, 0.29) is 23.3 Å². The first kappa shape index (κ1) is 19.6. The molecule has 1 fully saturated rings. The van der Waals surface area contributed by atoms with Crippen molar-refractivity contribution in [3.05, 3.63) is 65.5 Å². The molecule has 1 N–H and O–H groups in total. The Morgan fingerprint density at radius 2 is 1.97 bits per heavy atom. The van der Waals surface area contributed by atoms with Crippen molar-refractivity contribution >= 4 is 26.8 Å². The summed E-state index contributed by atoms with van der Waals surface area (Å²) in [7, 11) is -2.93. The van der Waals surface area contributed by atoms with Gasteiger partial charge in [0.1, 0.15) is 5.52 Å². The summed E-state index contributed by atoms with van der Waals surface area (Å²) < 4.78 is 28.9. The number of carbonyl (C=O) groups excluding carboxylic acids is 1. The van der Waals surface area contributed by atoms with Crippen molar-refractivity contribution in [2.45, 2.75) is 25.7 Å². The van der Waals surface area contributed by atoms with E-state index < -0.39 is 9.84 Å². The zero-order valence-electron chi connectivity index (χ0n) is 16.1. The molecule has 0 spiro atoms. The normalized spacial score (nSPS) is 18.1. The Balaban J connectivity index is 1.34. The largest absolute Gasteiger partial charge is 0.441 e. The van der Waals surface area contributed by atoms with Crippen LogP contribution in [0.3, 0.4) is 0 Å². The highest BCUT2D eigenvalue weighted by Gasteiger charge is 2.28. The maximum absolute atomic E-state index is 12.4. The number of hydrogen-bond donors (Lipinski definition) is 1. The second kappa shape index (κ2) is 8.37. The molecule has 0 bridgehead atoms. The summed E-state index contributed by atoms with van der Waals surface area (Å²) >= 11 is 0. The summed E-state index contributed by atoms with van der Waals surface area (Å²) in [6.07, 6.45) is 3.25. The van der Waals surface area contributed by atoms with Crippen molar-refractivity contribution in [1.82, 2.24) is 10.3 Å². The Kier molecular flexibility index (Phi) is 5.67. The molecular formula is C22H24N2O4S. The van der Waals surface area contributed by atoms with E-state index in [0.717, 1.165) is 19.3 Å². The molecule has 1 aliphatic heterocycles. The minimum atomic E-state index is -2.93. The Labute approximate surface area is 170 Å². The molecule has 29 heavy (non-hydrogen) atoms. The van der Waals surface area contributed by atoms with E-state index in [1.807, 2.05) is 18.2 Å². The van der Waals surface area contributed by atoms with E-state index in [1.165, 1.54) is 5.56 Å². The zero-order valence-corrected chi connectivity index (χ0v) is 17.0. The van der Waals surface area contributed by atoms with Gasteiger partial charge in [0.25, 0.3) is 5.91 Å². The topological polar surface area (TPSA) is 89.3 Å². The van der Waals surface area contributed by atoms with E-state index in [0.29, 0.717) is 35.5 Å². The van der Waals surface area contributed by atoms with Crippen molar-refractivity contribution in [2.24, 2.45) is 5.92 Å². The first-order valence-electron chi connectivity index (χ1n) is 9.90. The molecule has 1 aliphatic rings. The van der Waals surface area contributed by atoms with E-state index in [1.54, 1.807) is 18.2 Å². The number of fused-ring (bicyclic) bond motifs is 1. The van der Waals surface area contributed by atoms with Crippen LogP contribution in [-0.4, -0.2) is 37.4 Å². The predicted octanol–water partition coefficient (Wildman–Crippen LogP) is 3.17. The fraction of sp³-hybridized carbons (Fsp3) is 0.364. The number of aromatic nitrogens is 1. The van der Waals surface area contributed by atoms with Crippen molar-refractivity contribution in [3.8, 4) is 0 Å². The van der Waals surface area contributed by atoms with Crippen molar-refractivity contribution < 1.29 is 17.6 Å². The van der Waals surface area contributed by atoms with E-state index in [9.17, 15) is 13.2 Å². The second-order valence-corrected chi connectivity index (χ2v) is 9.84. The molecule has 1 atom stereocenters. The van der Waals surface area contributed by atoms with Gasteiger partial charge >= 0.3 is 0 Å². The molecule has 2 aromatic carbocycles. The number of nitrogens with one attached hydrogen (secondary N) is 1. The summed E-state index contributed by atoms with van der Waals surface area (Å²) in [5.41, 5.74) is 3.12. The van der Waals surface area contributed by atoms with Gasteiger partial charge < -0.3 is 9.73 Å². The molecule has 0 saturated carbocycles. The van der Waals surface area contributed by atoms with Crippen LogP contribution in [-0.2, 0) is 22.7 Å². The van der Waals surface area contributed by atoms with Gasteiger partial charge in [0.15, 0.2) is 21.3 Å².